The molecule has 0 radical (unpaired) electrons. The summed E-state index contributed by atoms with van der Waals surface area (Å²) in [7, 11) is 0. The lowest BCUT2D eigenvalue weighted by Gasteiger charge is -2.49. The minimum absolute atomic E-state index is 0.0411. The average Bonchev–Trinajstić information content (AvgIpc) is 2.27. The van der Waals surface area contributed by atoms with Crippen LogP contribution in [-0.2, 0) is 4.79 Å². The van der Waals surface area contributed by atoms with E-state index in [2.05, 4.69) is 4.90 Å². The second kappa shape index (κ2) is 5.17. The van der Waals surface area contributed by atoms with E-state index in [1.807, 2.05) is 13.8 Å². The first-order valence-electron chi connectivity index (χ1n) is 7.10. The van der Waals surface area contributed by atoms with Crippen molar-refractivity contribution in [1.29, 1.82) is 0 Å². The normalized spacial score (nSPS) is 37.4. The van der Waals surface area contributed by atoms with Crippen molar-refractivity contribution in [2.45, 2.75) is 70.6 Å². The van der Waals surface area contributed by atoms with Crippen molar-refractivity contribution in [3.8, 4) is 0 Å². The fourth-order valence-electron chi connectivity index (χ4n) is 3.74. The van der Waals surface area contributed by atoms with Crippen LogP contribution < -0.4 is 0 Å². The van der Waals surface area contributed by atoms with Crippen molar-refractivity contribution in [3.05, 3.63) is 0 Å². The first kappa shape index (κ1) is 13.8. The molecule has 104 valence electrons. The molecule has 18 heavy (non-hydrogen) atoms. The van der Waals surface area contributed by atoms with Gasteiger partial charge >= 0.3 is 5.97 Å². The van der Waals surface area contributed by atoms with Crippen LogP contribution in [0.2, 0.25) is 0 Å². The summed E-state index contributed by atoms with van der Waals surface area (Å²) in [5.74, 6) is -0.738. The Labute approximate surface area is 109 Å². The van der Waals surface area contributed by atoms with Gasteiger partial charge in [-0.3, -0.25) is 9.69 Å². The minimum Gasteiger partial charge on any atom is -0.480 e. The topological polar surface area (TPSA) is 60.8 Å². The third-order valence-corrected chi connectivity index (χ3v) is 4.66. The van der Waals surface area contributed by atoms with Gasteiger partial charge in [-0.05, 0) is 37.6 Å². The number of hydrogen-bond donors (Lipinski definition) is 2. The second-order valence-electron chi connectivity index (χ2n) is 6.49. The maximum absolute atomic E-state index is 11.6. The highest BCUT2D eigenvalue weighted by Gasteiger charge is 2.46. The van der Waals surface area contributed by atoms with Crippen molar-refractivity contribution in [2.75, 3.05) is 6.54 Å². The van der Waals surface area contributed by atoms with Gasteiger partial charge in [-0.25, -0.2) is 0 Å². The number of piperidine rings is 1. The predicted octanol–water partition coefficient (Wildman–Crippen LogP) is 1.87. The molecule has 0 aromatic carbocycles. The Morgan fingerprint density at radius 1 is 1.22 bits per heavy atom. The number of aliphatic hydroxyl groups excluding tert-OH is 1. The van der Waals surface area contributed by atoms with Crippen LogP contribution in [0, 0.1) is 5.41 Å². The van der Waals surface area contributed by atoms with Crippen LogP contribution in [-0.4, -0.2) is 45.8 Å². The number of likely N-dealkylation sites (tertiary alicyclic amines) is 1. The fraction of sp³-hybridized carbons (Fsp3) is 0.929. The van der Waals surface area contributed by atoms with Gasteiger partial charge in [-0.1, -0.05) is 26.7 Å². The van der Waals surface area contributed by atoms with E-state index in [9.17, 15) is 15.0 Å². The lowest BCUT2D eigenvalue weighted by Crippen LogP contribution is -2.60. The molecule has 1 saturated heterocycles. The number of aliphatic carboxylic acids is 1. The number of rotatable bonds is 2. The number of carboxylic acids is 1. The first-order valence-corrected chi connectivity index (χ1v) is 7.10. The lowest BCUT2D eigenvalue weighted by atomic mass is 9.74. The van der Waals surface area contributed by atoms with Gasteiger partial charge in [0.25, 0.3) is 0 Å². The number of carboxylic acid groups (broad SMARTS) is 1. The molecule has 0 amide bonds. The highest BCUT2D eigenvalue weighted by Crippen LogP contribution is 2.38. The fourth-order valence-corrected chi connectivity index (χ4v) is 3.74. The predicted molar refractivity (Wildman–Crippen MR) is 69.4 cm³/mol. The van der Waals surface area contributed by atoms with Crippen molar-refractivity contribution >= 4 is 5.97 Å². The molecule has 2 rings (SSSR count). The van der Waals surface area contributed by atoms with E-state index in [-0.39, 0.29) is 17.6 Å². The van der Waals surface area contributed by atoms with Gasteiger partial charge in [0.2, 0.25) is 0 Å². The zero-order chi connectivity index (χ0) is 13.3. The van der Waals surface area contributed by atoms with Crippen LogP contribution in [0.5, 0.6) is 0 Å². The molecule has 2 fully saturated rings. The van der Waals surface area contributed by atoms with E-state index >= 15 is 0 Å². The molecule has 4 heteroatoms. The van der Waals surface area contributed by atoms with Crippen LogP contribution in [0.3, 0.4) is 0 Å². The lowest BCUT2D eigenvalue weighted by molar-refractivity contribution is -0.155. The van der Waals surface area contributed by atoms with Gasteiger partial charge in [0.1, 0.15) is 6.04 Å². The summed E-state index contributed by atoms with van der Waals surface area (Å²) >= 11 is 0. The summed E-state index contributed by atoms with van der Waals surface area (Å²) in [6.45, 7) is 4.88. The third-order valence-electron chi connectivity index (χ3n) is 4.66. The Kier molecular flexibility index (Phi) is 3.97. The molecule has 3 unspecified atom stereocenters. The Morgan fingerprint density at radius 2 is 1.89 bits per heavy atom. The summed E-state index contributed by atoms with van der Waals surface area (Å²) in [6.07, 6.45) is 5.53. The van der Waals surface area contributed by atoms with E-state index in [1.165, 1.54) is 0 Å². The summed E-state index contributed by atoms with van der Waals surface area (Å²) in [4.78, 5) is 13.7. The van der Waals surface area contributed by atoms with Gasteiger partial charge in [0.05, 0.1) is 6.10 Å². The molecule has 0 bridgehead atoms. The third kappa shape index (κ3) is 2.54. The Hall–Kier alpha value is -0.610. The Balaban J connectivity index is 2.20. The summed E-state index contributed by atoms with van der Waals surface area (Å²) < 4.78 is 0. The number of carbonyl (C=O) groups is 1. The monoisotopic (exact) mass is 255 g/mol. The molecule has 2 N–H and O–H groups in total. The molecular weight excluding hydrogens is 230 g/mol. The molecule has 2 aliphatic rings. The maximum atomic E-state index is 11.6. The molecule has 0 aromatic heterocycles. The summed E-state index contributed by atoms with van der Waals surface area (Å²) in [6, 6.07) is -0.413. The number of nitrogens with zero attached hydrogens (tertiary/aromatic N) is 1. The van der Waals surface area contributed by atoms with Crippen molar-refractivity contribution in [3.63, 3.8) is 0 Å². The van der Waals surface area contributed by atoms with Gasteiger partial charge in [0.15, 0.2) is 0 Å². The van der Waals surface area contributed by atoms with E-state index in [0.717, 1.165) is 45.1 Å². The van der Waals surface area contributed by atoms with Crippen molar-refractivity contribution < 1.29 is 15.0 Å². The Morgan fingerprint density at radius 3 is 2.50 bits per heavy atom. The quantitative estimate of drug-likeness (QED) is 0.790. The molecular formula is C14H25NO3. The van der Waals surface area contributed by atoms with Gasteiger partial charge in [-0.2, -0.15) is 0 Å². The summed E-state index contributed by atoms with van der Waals surface area (Å²) in [5.41, 5.74) is -0.207. The van der Waals surface area contributed by atoms with E-state index in [4.69, 9.17) is 0 Å². The van der Waals surface area contributed by atoms with Crippen molar-refractivity contribution in [1.82, 2.24) is 4.90 Å². The van der Waals surface area contributed by atoms with Gasteiger partial charge in [0, 0.05) is 6.04 Å². The molecule has 1 heterocycles. The molecule has 3 atom stereocenters. The summed E-state index contributed by atoms with van der Waals surface area (Å²) in [5, 5.41) is 19.7. The van der Waals surface area contributed by atoms with Crippen LogP contribution in [0.25, 0.3) is 0 Å². The number of hydrogen-bond acceptors (Lipinski definition) is 3. The molecule has 0 aromatic rings. The average molecular weight is 255 g/mol. The molecule has 0 spiro atoms. The first-order chi connectivity index (χ1) is 8.43. The minimum atomic E-state index is -0.738. The van der Waals surface area contributed by atoms with Crippen LogP contribution in [0.1, 0.15) is 52.4 Å². The van der Waals surface area contributed by atoms with Gasteiger partial charge in [-0.15, -0.1) is 0 Å². The molecule has 1 aliphatic heterocycles. The molecule has 1 saturated carbocycles. The standard InChI is InChI=1S/C14H25NO3/c1-14(2)8-5-9-15(12(14)13(17)18)10-6-3-4-7-11(10)16/h10-12,16H,3-9H2,1-2H3,(H,17,18). The smallest absolute Gasteiger partial charge is 0.321 e. The zero-order valence-electron chi connectivity index (χ0n) is 11.4. The second-order valence-corrected chi connectivity index (χ2v) is 6.49. The van der Waals surface area contributed by atoms with Crippen molar-refractivity contribution in [2.24, 2.45) is 5.41 Å². The largest absolute Gasteiger partial charge is 0.480 e. The molecule has 1 aliphatic carbocycles. The number of aliphatic hydroxyl groups is 1. The van der Waals surface area contributed by atoms with Gasteiger partial charge < -0.3 is 10.2 Å². The van der Waals surface area contributed by atoms with Crippen LogP contribution in [0.15, 0.2) is 0 Å². The highest BCUT2D eigenvalue weighted by molar-refractivity contribution is 5.74. The van der Waals surface area contributed by atoms with Crippen LogP contribution >= 0.6 is 0 Å². The van der Waals surface area contributed by atoms with E-state index in [0.29, 0.717) is 0 Å². The maximum Gasteiger partial charge on any atom is 0.321 e. The SMILES string of the molecule is CC1(C)CCCN(C2CCCCC2O)C1C(=O)O. The Bertz CT molecular complexity index is 316. The van der Waals surface area contributed by atoms with E-state index < -0.39 is 12.0 Å². The van der Waals surface area contributed by atoms with Crippen LogP contribution in [0.4, 0.5) is 0 Å². The molecule has 4 nitrogen and oxygen atoms in total. The highest BCUT2D eigenvalue weighted by atomic mass is 16.4. The van der Waals surface area contributed by atoms with E-state index in [1.54, 1.807) is 0 Å². The zero-order valence-corrected chi connectivity index (χ0v) is 11.4.